The fourth-order valence-electron chi connectivity index (χ4n) is 6.46. The number of carbonyl (C=O) groups is 2. The van der Waals surface area contributed by atoms with Crippen molar-refractivity contribution in [3.63, 3.8) is 0 Å². The average Bonchev–Trinajstić information content (AvgIpc) is 3.10. The van der Waals surface area contributed by atoms with Crippen LogP contribution in [0.5, 0.6) is 0 Å². The normalized spacial score (nSPS) is 23.1. The monoisotopic (exact) mass is 561 g/mol. The van der Waals surface area contributed by atoms with E-state index in [4.69, 9.17) is 23.2 Å². The largest absolute Gasteiger partial charge is 0.356 e. The fraction of sp³-hybridized carbons (Fsp3) is 0.533. The van der Waals surface area contributed by atoms with Crippen LogP contribution in [0, 0.1) is 11.7 Å². The number of nitrogens with one attached hydrogen (secondary N) is 3. The summed E-state index contributed by atoms with van der Waals surface area (Å²) in [6, 6.07) is 12.7. The van der Waals surface area contributed by atoms with Crippen LogP contribution in [0.15, 0.2) is 42.5 Å². The first kappa shape index (κ1) is 28.8. The van der Waals surface area contributed by atoms with Gasteiger partial charge in [0, 0.05) is 34.8 Å². The molecule has 5 nitrogen and oxygen atoms in total. The van der Waals surface area contributed by atoms with E-state index in [1.807, 2.05) is 6.07 Å². The molecule has 2 amide bonds. The molecule has 2 unspecified atom stereocenters. The minimum atomic E-state index is -0.424. The lowest BCUT2D eigenvalue weighted by Crippen LogP contribution is -2.49. The molecule has 8 heteroatoms. The van der Waals surface area contributed by atoms with E-state index in [2.05, 4.69) is 16.0 Å². The molecule has 2 aliphatic carbocycles. The van der Waals surface area contributed by atoms with Gasteiger partial charge in [0.1, 0.15) is 5.82 Å². The molecule has 1 heterocycles. The number of hydrogen-bond donors (Lipinski definition) is 3. The van der Waals surface area contributed by atoms with Gasteiger partial charge in [-0.1, -0.05) is 86.3 Å². The maximum absolute atomic E-state index is 14.9. The van der Waals surface area contributed by atoms with Gasteiger partial charge in [0.25, 0.3) is 0 Å². The molecule has 0 aromatic heterocycles. The van der Waals surface area contributed by atoms with Crippen LogP contribution in [0.4, 0.5) is 10.1 Å². The highest BCUT2D eigenvalue weighted by molar-refractivity contribution is 6.31. The minimum Gasteiger partial charge on any atom is -0.356 e. The van der Waals surface area contributed by atoms with Crippen molar-refractivity contribution in [2.24, 2.45) is 5.92 Å². The SMILES string of the molecule is O=C(Nc1cccc(Cl)c1)C1C(c2cccc(Cl)c2F)CNC12CCCCCC2.O=CNC1CCCCC1. The molecule has 2 aromatic rings. The Morgan fingerprint density at radius 1 is 0.974 bits per heavy atom. The molecule has 1 saturated heterocycles. The smallest absolute Gasteiger partial charge is 0.230 e. The molecule has 0 bridgehead atoms. The Kier molecular flexibility index (Phi) is 10.5. The first-order valence-corrected chi connectivity index (χ1v) is 14.6. The van der Waals surface area contributed by atoms with Gasteiger partial charge in [-0.3, -0.25) is 9.59 Å². The van der Waals surface area contributed by atoms with Crippen molar-refractivity contribution in [2.75, 3.05) is 11.9 Å². The summed E-state index contributed by atoms with van der Waals surface area (Å²) in [5.41, 5.74) is 0.847. The molecule has 1 spiro atoms. The van der Waals surface area contributed by atoms with Crippen LogP contribution in [0.1, 0.15) is 82.1 Å². The Hall–Kier alpha value is -2.15. The topological polar surface area (TPSA) is 70.2 Å². The van der Waals surface area contributed by atoms with Gasteiger partial charge in [-0.15, -0.1) is 0 Å². The van der Waals surface area contributed by atoms with Crippen LogP contribution < -0.4 is 16.0 Å². The second-order valence-corrected chi connectivity index (χ2v) is 11.6. The Balaban J connectivity index is 0.000000317. The van der Waals surface area contributed by atoms with Crippen LogP contribution in [-0.2, 0) is 9.59 Å². The van der Waals surface area contributed by atoms with E-state index in [0.717, 1.165) is 32.1 Å². The van der Waals surface area contributed by atoms with Gasteiger partial charge < -0.3 is 16.0 Å². The van der Waals surface area contributed by atoms with Crippen molar-refractivity contribution in [2.45, 2.75) is 88.1 Å². The number of amides is 2. The first-order chi connectivity index (χ1) is 18.4. The second-order valence-electron chi connectivity index (χ2n) is 10.8. The van der Waals surface area contributed by atoms with Crippen LogP contribution in [0.3, 0.4) is 0 Å². The Labute approximate surface area is 235 Å². The molecule has 3 aliphatic rings. The van der Waals surface area contributed by atoms with Crippen molar-refractivity contribution in [3.8, 4) is 0 Å². The van der Waals surface area contributed by atoms with E-state index in [-0.39, 0.29) is 28.3 Å². The molecule has 0 radical (unpaired) electrons. The van der Waals surface area contributed by atoms with Gasteiger partial charge in [-0.25, -0.2) is 4.39 Å². The molecule has 206 valence electrons. The zero-order chi connectivity index (χ0) is 27.0. The summed E-state index contributed by atoms with van der Waals surface area (Å²) < 4.78 is 14.9. The van der Waals surface area contributed by atoms with E-state index in [0.29, 0.717) is 28.9 Å². The van der Waals surface area contributed by atoms with Crippen molar-refractivity contribution in [1.82, 2.24) is 10.6 Å². The fourth-order valence-corrected chi connectivity index (χ4v) is 6.83. The molecule has 2 saturated carbocycles. The number of anilines is 1. The number of hydrogen-bond acceptors (Lipinski definition) is 3. The van der Waals surface area contributed by atoms with Crippen LogP contribution in [-0.4, -0.2) is 30.4 Å². The highest BCUT2D eigenvalue weighted by Crippen LogP contribution is 2.46. The predicted molar refractivity (Wildman–Crippen MR) is 152 cm³/mol. The third-order valence-electron chi connectivity index (χ3n) is 8.33. The third-order valence-corrected chi connectivity index (χ3v) is 8.86. The number of rotatable bonds is 5. The summed E-state index contributed by atoms with van der Waals surface area (Å²) in [4.78, 5) is 23.5. The van der Waals surface area contributed by atoms with E-state index in [1.54, 1.807) is 36.4 Å². The highest BCUT2D eigenvalue weighted by atomic mass is 35.5. The summed E-state index contributed by atoms with van der Waals surface area (Å²) in [6.07, 6.45) is 13.4. The standard InChI is InChI=1S/C23H25Cl2FN2O.C7H13NO/c24-15-7-5-8-16(13-15)28-22(29)20-18(17-9-6-10-19(25)21(17)26)14-27-23(20)11-3-1-2-4-12-23;9-6-8-7-4-2-1-3-5-7/h5-10,13,18,20,27H,1-4,11-12,14H2,(H,28,29);6-7H,1-5H2,(H,8,9). The summed E-state index contributed by atoms with van der Waals surface area (Å²) >= 11 is 12.1. The van der Waals surface area contributed by atoms with Crippen molar-refractivity contribution in [1.29, 1.82) is 0 Å². The van der Waals surface area contributed by atoms with Crippen LogP contribution >= 0.6 is 23.2 Å². The van der Waals surface area contributed by atoms with Crippen LogP contribution in [0.2, 0.25) is 10.0 Å². The van der Waals surface area contributed by atoms with Gasteiger partial charge in [0.2, 0.25) is 12.3 Å². The summed E-state index contributed by atoms with van der Waals surface area (Å²) in [6.45, 7) is 0.560. The molecule has 38 heavy (non-hydrogen) atoms. The van der Waals surface area contributed by atoms with Gasteiger partial charge in [0.05, 0.1) is 10.9 Å². The average molecular weight is 563 g/mol. The molecule has 5 rings (SSSR count). The van der Waals surface area contributed by atoms with E-state index in [1.165, 1.54) is 44.9 Å². The van der Waals surface area contributed by atoms with E-state index < -0.39 is 5.82 Å². The molecular weight excluding hydrogens is 524 g/mol. The first-order valence-electron chi connectivity index (χ1n) is 13.9. The maximum atomic E-state index is 14.9. The minimum absolute atomic E-state index is 0.0939. The molecular formula is C30H38Cl2FN3O2. The number of carbonyl (C=O) groups excluding carboxylic acids is 2. The number of halogens is 3. The van der Waals surface area contributed by atoms with Gasteiger partial charge in [-0.05, 0) is 55.5 Å². The lowest BCUT2D eigenvalue weighted by molar-refractivity contribution is -0.122. The third kappa shape index (κ3) is 7.08. The molecule has 2 atom stereocenters. The maximum Gasteiger partial charge on any atom is 0.230 e. The Bertz CT molecular complexity index is 1080. The zero-order valence-corrected chi connectivity index (χ0v) is 23.3. The molecule has 2 aromatic carbocycles. The quantitative estimate of drug-likeness (QED) is 0.337. The lowest BCUT2D eigenvalue weighted by Gasteiger charge is -2.36. The van der Waals surface area contributed by atoms with Gasteiger partial charge in [-0.2, -0.15) is 0 Å². The molecule has 3 N–H and O–H groups in total. The van der Waals surface area contributed by atoms with Crippen LogP contribution in [0.25, 0.3) is 0 Å². The summed E-state index contributed by atoms with van der Waals surface area (Å²) in [5, 5.41) is 10.1. The van der Waals surface area contributed by atoms with Crippen molar-refractivity contribution in [3.05, 3.63) is 63.9 Å². The second kappa shape index (κ2) is 13.8. The summed E-state index contributed by atoms with van der Waals surface area (Å²) in [5.74, 6) is -1.17. The summed E-state index contributed by atoms with van der Waals surface area (Å²) in [7, 11) is 0. The van der Waals surface area contributed by atoms with E-state index in [9.17, 15) is 14.0 Å². The predicted octanol–water partition coefficient (Wildman–Crippen LogP) is 7.23. The lowest BCUT2D eigenvalue weighted by atomic mass is 9.72. The van der Waals surface area contributed by atoms with Gasteiger partial charge in [0.15, 0.2) is 0 Å². The Morgan fingerprint density at radius 2 is 1.66 bits per heavy atom. The Morgan fingerprint density at radius 3 is 2.34 bits per heavy atom. The molecule has 3 fully saturated rings. The zero-order valence-electron chi connectivity index (χ0n) is 21.8. The highest BCUT2D eigenvalue weighted by Gasteiger charge is 2.52. The number of benzene rings is 2. The molecule has 1 aliphatic heterocycles. The van der Waals surface area contributed by atoms with E-state index >= 15 is 0 Å². The van der Waals surface area contributed by atoms with Crippen molar-refractivity contribution < 1.29 is 14.0 Å². The van der Waals surface area contributed by atoms with Crippen molar-refractivity contribution >= 4 is 41.2 Å². The van der Waals surface area contributed by atoms with Gasteiger partial charge >= 0.3 is 0 Å².